The molecule has 0 aliphatic carbocycles. The van der Waals surface area contributed by atoms with Crippen LogP contribution in [0.5, 0.6) is 0 Å². The number of hydrogen-bond donors (Lipinski definition) is 1. The molecule has 2 saturated heterocycles. The summed E-state index contributed by atoms with van der Waals surface area (Å²) >= 11 is 0. The molecule has 2 atom stereocenters. The highest BCUT2D eigenvalue weighted by atomic mass is 16.5. The van der Waals surface area contributed by atoms with Gasteiger partial charge in [-0.3, -0.25) is 4.79 Å². The molecule has 2 rings (SSSR count). The van der Waals surface area contributed by atoms with E-state index in [1.807, 2.05) is 6.92 Å². The summed E-state index contributed by atoms with van der Waals surface area (Å²) in [4.78, 5) is 12.2. The standard InChI is InChI=1S/C15H27NO3/c1-2-18-8-9-19-7-6-15(17)12-10-13-4-3-5-14(11-12)16-13/h12-14,16H,2-11H2,1H3. The molecule has 0 aromatic rings. The highest BCUT2D eigenvalue weighted by molar-refractivity contribution is 5.81. The zero-order chi connectivity index (χ0) is 13.5. The van der Waals surface area contributed by atoms with Crippen molar-refractivity contribution >= 4 is 5.78 Å². The summed E-state index contributed by atoms with van der Waals surface area (Å²) in [5, 5.41) is 3.63. The molecule has 0 aromatic carbocycles. The van der Waals surface area contributed by atoms with Crippen molar-refractivity contribution in [2.24, 2.45) is 5.92 Å². The van der Waals surface area contributed by atoms with E-state index in [1.165, 1.54) is 19.3 Å². The van der Waals surface area contributed by atoms with Crippen LogP contribution in [-0.2, 0) is 14.3 Å². The Bertz CT molecular complexity index is 271. The first-order valence-corrected chi connectivity index (χ1v) is 7.74. The van der Waals surface area contributed by atoms with Gasteiger partial charge in [-0.1, -0.05) is 6.42 Å². The molecule has 2 aliphatic heterocycles. The van der Waals surface area contributed by atoms with Gasteiger partial charge >= 0.3 is 0 Å². The van der Waals surface area contributed by atoms with E-state index in [-0.39, 0.29) is 5.92 Å². The van der Waals surface area contributed by atoms with Crippen molar-refractivity contribution in [2.75, 3.05) is 26.4 Å². The van der Waals surface area contributed by atoms with Crippen LogP contribution in [0.4, 0.5) is 0 Å². The number of Topliss-reactive ketones (excluding diaryl/α,β-unsaturated/α-hetero) is 1. The van der Waals surface area contributed by atoms with Gasteiger partial charge in [0.05, 0.1) is 19.8 Å². The topological polar surface area (TPSA) is 47.6 Å². The Labute approximate surface area is 116 Å². The van der Waals surface area contributed by atoms with Crippen LogP contribution in [0, 0.1) is 5.92 Å². The van der Waals surface area contributed by atoms with Crippen LogP contribution in [0.2, 0.25) is 0 Å². The van der Waals surface area contributed by atoms with Crippen molar-refractivity contribution in [1.82, 2.24) is 5.32 Å². The summed E-state index contributed by atoms with van der Waals surface area (Å²) in [7, 11) is 0. The largest absolute Gasteiger partial charge is 0.379 e. The Morgan fingerprint density at radius 3 is 2.47 bits per heavy atom. The molecular weight excluding hydrogens is 242 g/mol. The second-order valence-corrected chi connectivity index (χ2v) is 5.69. The molecule has 19 heavy (non-hydrogen) atoms. The van der Waals surface area contributed by atoms with E-state index in [0.717, 1.165) is 19.4 Å². The summed E-state index contributed by atoms with van der Waals surface area (Å²) in [6.45, 7) is 4.46. The van der Waals surface area contributed by atoms with Crippen LogP contribution < -0.4 is 5.32 Å². The number of ether oxygens (including phenoxy) is 2. The van der Waals surface area contributed by atoms with Crippen LogP contribution >= 0.6 is 0 Å². The normalized spacial score (nSPS) is 30.3. The van der Waals surface area contributed by atoms with Gasteiger partial charge in [-0.25, -0.2) is 0 Å². The van der Waals surface area contributed by atoms with Gasteiger partial charge in [0, 0.05) is 31.0 Å². The SMILES string of the molecule is CCOCCOCCC(=O)C1CC2CCCC(C1)N2. The smallest absolute Gasteiger partial charge is 0.138 e. The zero-order valence-electron chi connectivity index (χ0n) is 12.0. The van der Waals surface area contributed by atoms with Crippen LogP contribution in [0.3, 0.4) is 0 Å². The third kappa shape index (κ3) is 4.86. The monoisotopic (exact) mass is 269 g/mol. The van der Waals surface area contributed by atoms with Crippen molar-refractivity contribution in [1.29, 1.82) is 0 Å². The first kappa shape index (κ1) is 14.9. The van der Waals surface area contributed by atoms with Gasteiger partial charge in [-0.05, 0) is 32.6 Å². The van der Waals surface area contributed by atoms with E-state index in [2.05, 4.69) is 5.32 Å². The van der Waals surface area contributed by atoms with E-state index < -0.39 is 0 Å². The van der Waals surface area contributed by atoms with Gasteiger partial charge < -0.3 is 14.8 Å². The summed E-state index contributed by atoms with van der Waals surface area (Å²) in [5.74, 6) is 0.668. The average molecular weight is 269 g/mol. The highest BCUT2D eigenvalue weighted by Gasteiger charge is 2.34. The molecule has 1 N–H and O–H groups in total. The van der Waals surface area contributed by atoms with E-state index in [0.29, 0.717) is 44.1 Å². The lowest BCUT2D eigenvalue weighted by Crippen LogP contribution is -2.50. The molecule has 110 valence electrons. The Balaban J connectivity index is 1.60. The average Bonchev–Trinajstić information content (AvgIpc) is 2.42. The summed E-state index contributed by atoms with van der Waals surface area (Å²) < 4.78 is 10.6. The molecule has 0 amide bonds. The summed E-state index contributed by atoms with van der Waals surface area (Å²) in [6.07, 6.45) is 6.44. The minimum absolute atomic E-state index is 0.270. The maximum absolute atomic E-state index is 12.2. The van der Waals surface area contributed by atoms with E-state index >= 15 is 0 Å². The zero-order valence-corrected chi connectivity index (χ0v) is 12.0. The second-order valence-electron chi connectivity index (χ2n) is 5.69. The Morgan fingerprint density at radius 2 is 1.79 bits per heavy atom. The van der Waals surface area contributed by atoms with Crippen molar-refractivity contribution < 1.29 is 14.3 Å². The fourth-order valence-corrected chi connectivity index (χ4v) is 3.27. The lowest BCUT2D eigenvalue weighted by molar-refractivity contribution is -0.125. The van der Waals surface area contributed by atoms with Crippen molar-refractivity contribution in [3.63, 3.8) is 0 Å². The van der Waals surface area contributed by atoms with Gasteiger partial charge in [0.2, 0.25) is 0 Å². The predicted molar refractivity (Wildman–Crippen MR) is 74.2 cm³/mol. The number of hydrogen-bond acceptors (Lipinski definition) is 4. The van der Waals surface area contributed by atoms with Crippen molar-refractivity contribution in [3.8, 4) is 0 Å². The number of piperidine rings is 2. The Morgan fingerprint density at radius 1 is 1.11 bits per heavy atom. The molecular formula is C15H27NO3. The fourth-order valence-electron chi connectivity index (χ4n) is 3.27. The van der Waals surface area contributed by atoms with Gasteiger partial charge in [0.25, 0.3) is 0 Å². The summed E-state index contributed by atoms with van der Waals surface area (Å²) in [6, 6.07) is 1.17. The molecule has 4 heteroatoms. The lowest BCUT2D eigenvalue weighted by Gasteiger charge is -2.39. The molecule has 0 saturated carbocycles. The minimum atomic E-state index is 0.270. The van der Waals surface area contributed by atoms with Crippen molar-refractivity contribution in [2.45, 2.75) is 57.5 Å². The quantitative estimate of drug-likeness (QED) is 0.684. The molecule has 0 radical (unpaired) electrons. The lowest BCUT2D eigenvalue weighted by atomic mass is 9.78. The number of fused-ring (bicyclic) bond motifs is 2. The number of rotatable bonds is 8. The van der Waals surface area contributed by atoms with E-state index in [4.69, 9.17) is 9.47 Å². The van der Waals surface area contributed by atoms with Gasteiger partial charge in [-0.2, -0.15) is 0 Å². The Kier molecular flexibility index (Phi) is 6.28. The molecule has 0 spiro atoms. The minimum Gasteiger partial charge on any atom is -0.379 e. The first-order chi connectivity index (χ1) is 9.29. The van der Waals surface area contributed by atoms with Crippen molar-refractivity contribution in [3.05, 3.63) is 0 Å². The van der Waals surface area contributed by atoms with Crippen LogP contribution in [-0.4, -0.2) is 44.3 Å². The van der Waals surface area contributed by atoms with Crippen LogP contribution in [0.15, 0.2) is 0 Å². The maximum Gasteiger partial charge on any atom is 0.138 e. The van der Waals surface area contributed by atoms with Gasteiger partial charge in [-0.15, -0.1) is 0 Å². The maximum atomic E-state index is 12.2. The fraction of sp³-hybridized carbons (Fsp3) is 0.933. The number of ketones is 1. The molecule has 2 fully saturated rings. The third-order valence-electron chi connectivity index (χ3n) is 4.24. The third-order valence-corrected chi connectivity index (χ3v) is 4.24. The van der Waals surface area contributed by atoms with Gasteiger partial charge in [0.15, 0.2) is 0 Å². The Hall–Kier alpha value is -0.450. The van der Waals surface area contributed by atoms with Crippen LogP contribution in [0.25, 0.3) is 0 Å². The highest BCUT2D eigenvalue weighted by Crippen LogP contribution is 2.30. The van der Waals surface area contributed by atoms with E-state index in [9.17, 15) is 4.79 Å². The molecule has 2 unspecified atom stereocenters. The number of nitrogens with one attached hydrogen (secondary N) is 1. The van der Waals surface area contributed by atoms with Crippen LogP contribution in [0.1, 0.15) is 45.4 Å². The molecule has 2 bridgehead atoms. The molecule has 0 aromatic heterocycles. The molecule has 4 nitrogen and oxygen atoms in total. The number of carbonyl (C=O) groups is 1. The second kappa shape index (κ2) is 7.98. The predicted octanol–water partition coefficient (Wildman–Crippen LogP) is 1.92. The van der Waals surface area contributed by atoms with E-state index in [1.54, 1.807) is 0 Å². The summed E-state index contributed by atoms with van der Waals surface area (Å²) in [5.41, 5.74) is 0. The first-order valence-electron chi connectivity index (χ1n) is 7.74. The number of carbonyl (C=O) groups excluding carboxylic acids is 1. The molecule has 2 aliphatic rings. The molecule has 2 heterocycles. The van der Waals surface area contributed by atoms with Gasteiger partial charge in [0.1, 0.15) is 5.78 Å².